The Kier molecular flexibility index (Phi) is 4.08. The number of aryl methyl sites for hydroxylation is 1. The van der Waals surface area contributed by atoms with Crippen molar-refractivity contribution in [2.75, 3.05) is 0 Å². The van der Waals surface area contributed by atoms with Crippen molar-refractivity contribution < 1.29 is 13.2 Å². The van der Waals surface area contributed by atoms with Crippen LogP contribution in [0.1, 0.15) is 24.8 Å². The molecular weight excluding hydrogens is 314 g/mol. The monoisotopic (exact) mass is 333 g/mol. The number of sulfonamides is 1. The molecule has 1 saturated carbocycles. The average molecular weight is 333 g/mol. The molecule has 6 nitrogen and oxygen atoms in total. The maximum atomic E-state index is 12.8. The first kappa shape index (κ1) is 15.9. The third kappa shape index (κ3) is 3.51. The number of rotatable bonds is 6. The van der Waals surface area contributed by atoms with Crippen LogP contribution in [0.25, 0.3) is 10.9 Å². The third-order valence-corrected chi connectivity index (χ3v) is 5.54. The molecule has 1 fully saturated rings. The van der Waals surface area contributed by atoms with Gasteiger partial charge >= 0.3 is 0 Å². The van der Waals surface area contributed by atoms with Gasteiger partial charge in [-0.3, -0.25) is 9.78 Å². The molecule has 122 valence electrons. The Morgan fingerprint density at radius 1 is 1.43 bits per heavy atom. The lowest BCUT2D eigenvalue weighted by Crippen LogP contribution is -2.39. The summed E-state index contributed by atoms with van der Waals surface area (Å²) in [4.78, 5) is 15.6. The van der Waals surface area contributed by atoms with Crippen molar-refractivity contribution in [2.24, 2.45) is 11.7 Å². The molecule has 0 saturated heterocycles. The number of carbonyl (C=O) groups is 1. The Morgan fingerprint density at radius 2 is 2.17 bits per heavy atom. The van der Waals surface area contributed by atoms with E-state index in [-0.39, 0.29) is 17.2 Å². The molecule has 1 amide bonds. The zero-order chi connectivity index (χ0) is 16.6. The number of hydrogen-bond donors (Lipinski definition) is 2. The van der Waals surface area contributed by atoms with Crippen LogP contribution in [0, 0.1) is 12.8 Å². The van der Waals surface area contributed by atoms with Gasteiger partial charge in [0.1, 0.15) is 4.90 Å². The fraction of sp³-hybridized carbons (Fsp3) is 0.375. The quantitative estimate of drug-likeness (QED) is 0.835. The summed E-state index contributed by atoms with van der Waals surface area (Å²) >= 11 is 0. The van der Waals surface area contributed by atoms with Gasteiger partial charge in [0.25, 0.3) is 0 Å². The summed E-state index contributed by atoms with van der Waals surface area (Å²) in [6.45, 7) is 1.90. The second kappa shape index (κ2) is 5.90. The summed E-state index contributed by atoms with van der Waals surface area (Å²) in [7, 11) is -3.77. The Labute approximate surface area is 135 Å². The van der Waals surface area contributed by atoms with Gasteiger partial charge in [0, 0.05) is 24.0 Å². The number of pyridine rings is 1. The van der Waals surface area contributed by atoms with Crippen molar-refractivity contribution in [2.45, 2.75) is 37.1 Å². The predicted octanol–water partition coefficient (Wildman–Crippen LogP) is 1.48. The second-order valence-corrected chi connectivity index (χ2v) is 7.76. The highest BCUT2D eigenvalue weighted by Crippen LogP contribution is 2.35. The number of nitrogens with two attached hydrogens (primary N) is 1. The zero-order valence-electron chi connectivity index (χ0n) is 12.8. The number of primary amides is 1. The van der Waals surface area contributed by atoms with Crippen molar-refractivity contribution in [3.8, 4) is 0 Å². The molecule has 1 atom stereocenters. The number of hydrogen-bond acceptors (Lipinski definition) is 4. The molecule has 1 heterocycles. The number of nitrogens with zero attached hydrogens (tertiary/aromatic N) is 1. The molecule has 7 heteroatoms. The topological polar surface area (TPSA) is 102 Å². The molecule has 0 aliphatic heterocycles. The molecule has 2 aromatic rings. The maximum absolute atomic E-state index is 12.8. The average Bonchev–Trinajstić information content (AvgIpc) is 3.29. The van der Waals surface area contributed by atoms with Crippen molar-refractivity contribution in [3.63, 3.8) is 0 Å². The number of amides is 1. The predicted molar refractivity (Wildman–Crippen MR) is 87.1 cm³/mol. The lowest BCUT2D eigenvalue weighted by molar-refractivity contribution is -0.118. The van der Waals surface area contributed by atoms with Crippen molar-refractivity contribution in [1.82, 2.24) is 9.71 Å². The summed E-state index contributed by atoms with van der Waals surface area (Å²) in [6, 6.07) is 6.50. The normalized spacial score (nSPS) is 16.4. The molecular formula is C16H19N3O3S. The Morgan fingerprint density at radius 3 is 2.83 bits per heavy atom. The largest absolute Gasteiger partial charge is 0.370 e. The van der Waals surface area contributed by atoms with Crippen LogP contribution >= 0.6 is 0 Å². The maximum Gasteiger partial charge on any atom is 0.243 e. The number of benzene rings is 1. The van der Waals surface area contributed by atoms with E-state index in [0.717, 1.165) is 23.8 Å². The zero-order valence-corrected chi connectivity index (χ0v) is 13.6. The van der Waals surface area contributed by atoms with Gasteiger partial charge in [0.15, 0.2) is 0 Å². The van der Waals surface area contributed by atoms with Gasteiger partial charge in [-0.1, -0.05) is 12.1 Å². The summed E-state index contributed by atoms with van der Waals surface area (Å²) in [6.07, 6.45) is 3.48. The lowest BCUT2D eigenvalue weighted by atomic mass is 10.1. The Balaban J connectivity index is 1.97. The minimum absolute atomic E-state index is 0.0151. The molecule has 0 radical (unpaired) electrons. The lowest BCUT2D eigenvalue weighted by Gasteiger charge is -2.17. The number of para-hydroxylation sites is 1. The van der Waals surface area contributed by atoms with E-state index in [1.807, 2.05) is 19.1 Å². The van der Waals surface area contributed by atoms with Crippen LogP contribution < -0.4 is 10.5 Å². The summed E-state index contributed by atoms with van der Waals surface area (Å²) in [5.41, 5.74) is 6.63. The molecule has 1 aromatic carbocycles. The fourth-order valence-electron chi connectivity index (χ4n) is 2.74. The van der Waals surface area contributed by atoms with E-state index in [9.17, 15) is 13.2 Å². The first-order valence-electron chi connectivity index (χ1n) is 7.53. The smallest absolute Gasteiger partial charge is 0.243 e. The van der Waals surface area contributed by atoms with Gasteiger partial charge in [-0.05, 0) is 43.4 Å². The van der Waals surface area contributed by atoms with Crippen LogP contribution in [0.3, 0.4) is 0 Å². The number of carbonyl (C=O) groups excluding carboxylic acids is 1. The van der Waals surface area contributed by atoms with Crippen molar-refractivity contribution in [3.05, 3.63) is 36.0 Å². The number of nitrogens with one attached hydrogen (secondary N) is 1. The van der Waals surface area contributed by atoms with Crippen molar-refractivity contribution >= 4 is 26.8 Å². The molecule has 23 heavy (non-hydrogen) atoms. The minimum Gasteiger partial charge on any atom is -0.370 e. The highest BCUT2D eigenvalue weighted by molar-refractivity contribution is 7.89. The first-order chi connectivity index (χ1) is 10.9. The molecule has 1 aliphatic rings. The van der Waals surface area contributed by atoms with Crippen LogP contribution in [0.2, 0.25) is 0 Å². The van der Waals surface area contributed by atoms with Gasteiger partial charge in [-0.15, -0.1) is 0 Å². The molecule has 1 unspecified atom stereocenters. The van der Waals surface area contributed by atoms with Gasteiger partial charge in [0.2, 0.25) is 15.9 Å². The van der Waals surface area contributed by atoms with Gasteiger partial charge in [-0.2, -0.15) is 0 Å². The molecule has 0 bridgehead atoms. The van der Waals surface area contributed by atoms with E-state index in [4.69, 9.17) is 5.73 Å². The summed E-state index contributed by atoms with van der Waals surface area (Å²) in [5.74, 6) is -0.321. The van der Waals surface area contributed by atoms with Gasteiger partial charge in [-0.25, -0.2) is 13.1 Å². The Bertz CT molecular complexity index is 860. The second-order valence-electron chi connectivity index (χ2n) is 6.08. The number of fused-ring (bicyclic) bond motifs is 1. The van der Waals surface area contributed by atoms with Crippen LogP contribution in [0.4, 0.5) is 0 Å². The van der Waals surface area contributed by atoms with E-state index in [1.54, 1.807) is 12.3 Å². The van der Waals surface area contributed by atoms with Crippen LogP contribution in [0.5, 0.6) is 0 Å². The van der Waals surface area contributed by atoms with E-state index < -0.39 is 22.0 Å². The van der Waals surface area contributed by atoms with E-state index >= 15 is 0 Å². The SMILES string of the molecule is Cc1cnc2c(S(=O)(=O)NC(CC(N)=O)C3CC3)cccc2c1. The van der Waals surface area contributed by atoms with Crippen LogP contribution in [-0.2, 0) is 14.8 Å². The molecule has 3 N–H and O–H groups in total. The molecule has 3 rings (SSSR count). The summed E-state index contributed by atoms with van der Waals surface area (Å²) in [5, 5.41) is 0.769. The molecule has 1 aliphatic carbocycles. The standard InChI is InChI=1S/C16H19N3O3S/c1-10-7-12-3-2-4-14(16(12)18-9-10)23(21,22)19-13(8-15(17)20)11-5-6-11/h2-4,7,9,11,13,19H,5-6,8H2,1H3,(H2,17,20). The van der Waals surface area contributed by atoms with Crippen LogP contribution in [0.15, 0.2) is 35.4 Å². The highest BCUT2D eigenvalue weighted by Gasteiger charge is 2.35. The number of aromatic nitrogens is 1. The van der Waals surface area contributed by atoms with Crippen molar-refractivity contribution in [1.29, 1.82) is 0 Å². The van der Waals surface area contributed by atoms with Crippen LogP contribution in [-0.4, -0.2) is 25.4 Å². The molecule has 0 spiro atoms. The highest BCUT2D eigenvalue weighted by atomic mass is 32.2. The van der Waals surface area contributed by atoms with E-state index in [0.29, 0.717) is 5.52 Å². The first-order valence-corrected chi connectivity index (χ1v) is 9.01. The molecule has 1 aromatic heterocycles. The minimum atomic E-state index is -3.77. The van der Waals surface area contributed by atoms with E-state index in [2.05, 4.69) is 9.71 Å². The third-order valence-electron chi connectivity index (χ3n) is 4.02. The summed E-state index contributed by atoms with van der Waals surface area (Å²) < 4.78 is 28.1. The fourth-order valence-corrected chi connectivity index (χ4v) is 4.23. The van der Waals surface area contributed by atoms with E-state index in [1.165, 1.54) is 6.07 Å². The van der Waals surface area contributed by atoms with Gasteiger partial charge in [0.05, 0.1) is 5.52 Å². The Hall–Kier alpha value is -1.99. The van der Waals surface area contributed by atoms with Gasteiger partial charge < -0.3 is 5.73 Å².